The number of unbranched alkanes of at least 4 members (excludes halogenated alkanes) is 2. The summed E-state index contributed by atoms with van der Waals surface area (Å²) in [5.74, 6) is -1.38. The van der Waals surface area contributed by atoms with Gasteiger partial charge in [-0.1, -0.05) is 6.42 Å². The number of nitrogens with one attached hydrogen (secondary N) is 1. The van der Waals surface area contributed by atoms with Crippen LogP contribution in [0.25, 0.3) is 0 Å². The number of hydrogen-bond donors (Lipinski definition) is 4. The van der Waals surface area contributed by atoms with Gasteiger partial charge in [0.15, 0.2) is 6.10 Å². The molecular weight excluding hydrogens is 212 g/mol. The third-order valence-electron chi connectivity index (χ3n) is 2.13. The number of aliphatic hydroxyl groups is 1. The van der Waals surface area contributed by atoms with Crippen LogP contribution in [0.3, 0.4) is 0 Å². The molecule has 0 fully saturated rings. The Kier molecular flexibility index (Phi) is 8.46. The first-order chi connectivity index (χ1) is 7.57. The van der Waals surface area contributed by atoms with Crippen molar-refractivity contribution in [1.82, 2.24) is 5.32 Å². The van der Waals surface area contributed by atoms with E-state index in [9.17, 15) is 9.59 Å². The summed E-state index contributed by atoms with van der Waals surface area (Å²) in [6.45, 7) is 0.815. The van der Waals surface area contributed by atoms with Gasteiger partial charge in [-0.2, -0.15) is 0 Å². The highest BCUT2D eigenvalue weighted by molar-refractivity contribution is 5.76. The van der Waals surface area contributed by atoms with E-state index in [1.54, 1.807) is 0 Å². The fraction of sp³-hybridized carbons (Fsp3) is 0.800. The summed E-state index contributed by atoms with van der Waals surface area (Å²) in [5.41, 5.74) is 5.30. The lowest BCUT2D eigenvalue weighted by molar-refractivity contribution is -0.147. The molecule has 0 spiro atoms. The van der Waals surface area contributed by atoms with E-state index in [1.165, 1.54) is 0 Å². The molecule has 0 saturated carbocycles. The van der Waals surface area contributed by atoms with E-state index in [1.807, 2.05) is 0 Å². The number of amides is 1. The van der Waals surface area contributed by atoms with Gasteiger partial charge in [-0.25, -0.2) is 4.79 Å². The molecule has 0 bridgehead atoms. The quantitative estimate of drug-likeness (QED) is 0.399. The minimum absolute atomic E-state index is 0.0316. The number of nitrogens with two attached hydrogens (primary N) is 1. The summed E-state index contributed by atoms with van der Waals surface area (Å²) < 4.78 is 0. The number of rotatable bonds is 9. The van der Waals surface area contributed by atoms with Gasteiger partial charge in [0.1, 0.15) is 0 Å². The molecule has 0 aliphatic rings. The Morgan fingerprint density at radius 3 is 2.50 bits per heavy atom. The van der Waals surface area contributed by atoms with Gasteiger partial charge in [-0.05, 0) is 19.4 Å². The summed E-state index contributed by atoms with van der Waals surface area (Å²) >= 11 is 0. The van der Waals surface area contributed by atoms with Crippen molar-refractivity contribution in [2.75, 3.05) is 13.1 Å². The van der Waals surface area contributed by atoms with E-state index in [2.05, 4.69) is 5.32 Å². The first kappa shape index (κ1) is 14.9. The summed E-state index contributed by atoms with van der Waals surface area (Å²) in [6.07, 6.45) is 1.65. The third-order valence-corrected chi connectivity index (χ3v) is 2.13. The lowest BCUT2D eigenvalue weighted by Gasteiger charge is -2.07. The predicted octanol–water partition coefficient (Wildman–Crippen LogP) is -0.543. The second-order valence-electron chi connectivity index (χ2n) is 3.59. The Labute approximate surface area is 94.8 Å². The van der Waals surface area contributed by atoms with Crippen molar-refractivity contribution in [2.24, 2.45) is 5.73 Å². The molecule has 5 N–H and O–H groups in total. The fourth-order valence-corrected chi connectivity index (χ4v) is 1.17. The smallest absolute Gasteiger partial charge is 0.332 e. The monoisotopic (exact) mass is 232 g/mol. The molecule has 94 valence electrons. The Balaban J connectivity index is 3.40. The fourth-order valence-electron chi connectivity index (χ4n) is 1.17. The summed E-state index contributed by atoms with van der Waals surface area (Å²) in [6, 6.07) is 0. The molecule has 0 rings (SSSR count). The van der Waals surface area contributed by atoms with Crippen LogP contribution in [0, 0.1) is 0 Å². The molecule has 1 amide bonds. The molecule has 0 unspecified atom stereocenters. The van der Waals surface area contributed by atoms with E-state index in [0.717, 1.165) is 19.3 Å². The highest BCUT2D eigenvalue weighted by atomic mass is 16.4. The van der Waals surface area contributed by atoms with Crippen LogP contribution in [0.15, 0.2) is 0 Å². The van der Waals surface area contributed by atoms with E-state index in [4.69, 9.17) is 15.9 Å². The van der Waals surface area contributed by atoms with Crippen molar-refractivity contribution < 1.29 is 19.8 Å². The van der Waals surface area contributed by atoms with Gasteiger partial charge < -0.3 is 21.3 Å². The first-order valence-electron chi connectivity index (χ1n) is 5.45. The molecule has 0 heterocycles. The van der Waals surface area contributed by atoms with Crippen molar-refractivity contribution in [3.63, 3.8) is 0 Å². The highest BCUT2D eigenvalue weighted by Gasteiger charge is 2.12. The van der Waals surface area contributed by atoms with Gasteiger partial charge >= 0.3 is 5.97 Å². The molecule has 0 aromatic rings. The van der Waals surface area contributed by atoms with E-state index in [0.29, 0.717) is 13.0 Å². The maximum atomic E-state index is 11.2. The number of hydrogen-bond acceptors (Lipinski definition) is 4. The summed E-state index contributed by atoms with van der Waals surface area (Å²) in [5, 5.41) is 19.8. The SMILES string of the molecule is NCCCCCC(=O)NCC[C@H](O)C(=O)O. The number of carbonyl (C=O) groups is 2. The maximum Gasteiger partial charge on any atom is 0.332 e. The van der Waals surface area contributed by atoms with Crippen molar-refractivity contribution >= 4 is 11.9 Å². The van der Waals surface area contributed by atoms with Crippen LogP contribution < -0.4 is 11.1 Å². The van der Waals surface area contributed by atoms with Crippen LogP contribution in [0.2, 0.25) is 0 Å². The van der Waals surface area contributed by atoms with Crippen LogP contribution in [-0.2, 0) is 9.59 Å². The largest absolute Gasteiger partial charge is 0.479 e. The van der Waals surface area contributed by atoms with E-state index < -0.39 is 12.1 Å². The van der Waals surface area contributed by atoms with E-state index >= 15 is 0 Å². The normalized spacial score (nSPS) is 12.1. The van der Waals surface area contributed by atoms with Gasteiger partial charge in [0.05, 0.1) is 0 Å². The molecule has 6 nitrogen and oxygen atoms in total. The number of aliphatic hydroxyl groups excluding tert-OH is 1. The zero-order chi connectivity index (χ0) is 12.4. The average molecular weight is 232 g/mol. The topological polar surface area (TPSA) is 113 Å². The second-order valence-corrected chi connectivity index (χ2v) is 3.59. The molecule has 0 aliphatic heterocycles. The van der Waals surface area contributed by atoms with Gasteiger partial charge in [0.25, 0.3) is 0 Å². The molecule has 0 aromatic carbocycles. The standard InChI is InChI=1S/C10H20N2O4/c11-6-3-1-2-4-9(14)12-7-5-8(13)10(15)16/h8,13H,1-7,11H2,(H,12,14)(H,15,16)/t8-/m0/s1. The number of carboxylic acid groups (broad SMARTS) is 1. The molecule has 6 heteroatoms. The van der Waals surface area contributed by atoms with Crippen LogP contribution >= 0.6 is 0 Å². The zero-order valence-corrected chi connectivity index (χ0v) is 9.32. The van der Waals surface area contributed by atoms with Crippen molar-refractivity contribution in [1.29, 1.82) is 0 Å². The van der Waals surface area contributed by atoms with Crippen LogP contribution in [0.1, 0.15) is 32.1 Å². The lowest BCUT2D eigenvalue weighted by atomic mass is 10.2. The zero-order valence-electron chi connectivity index (χ0n) is 9.32. The van der Waals surface area contributed by atoms with Crippen LogP contribution in [0.4, 0.5) is 0 Å². The Morgan fingerprint density at radius 1 is 1.25 bits per heavy atom. The molecule has 0 aliphatic carbocycles. The van der Waals surface area contributed by atoms with Gasteiger partial charge in [0.2, 0.25) is 5.91 Å². The molecule has 0 aromatic heterocycles. The molecule has 0 saturated heterocycles. The van der Waals surface area contributed by atoms with Crippen molar-refractivity contribution in [2.45, 2.75) is 38.2 Å². The van der Waals surface area contributed by atoms with E-state index in [-0.39, 0.29) is 18.9 Å². The molecule has 0 radical (unpaired) electrons. The Bertz CT molecular complexity index is 221. The minimum Gasteiger partial charge on any atom is -0.479 e. The first-order valence-corrected chi connectivity index (χ1v) is 5.45. The second kappa shape index (κ2) is 9.11. The maximum absolute atomic E-state index is 11.2. The third kappa shape index (κ3) is 8.19. The average Bonchev–Trinajstić information content (AvgIpc) is 2.24. The molecular formula is C10H20N2O4. The van der Waals surface area contributed by atoms with Crippen molar-refractivity contribution in [3.05, 3.63) is 0 Å². The van der Waals surface area contributed by atoms with Gasteiger partial charge in [-0.15, -0.1) is 0 Å². The van der Waals surface area contributed by atoms with Gasteiger partial charge in [-0.3, -0.25) is 4.79 Å². The minimum atomic E-state index is -1.41. The summed E-state index contributed by atoms with van der Waals surface area (Å²) in [7, 11) is 0. The molecule has 16 heavy (non-hydrogen) atoms. The number of aliphatic carboxylic acids is 1. The summed E-state index contributed by atoms with van der Waals surface area (Å²) in [4.78, 5) is 21.4. The molecule has 1 atom stereocenters. The van der Waals surface area contributed by atoms with Crippen molar-refractivity contribution in [3.8, 4) is 0 Å². The predicted molar refractivity (Wildman–Crippen MR) is 58.8 cm³/mol. The highest BCUT2D eigenvalue weighted by Crippen LogP contribution is 1.98. The number of carboxylic acids is 1. The lowest BCUT2D eigenvalue weighted by Crippen LogP contribution is -2.29. The Morgan fingerprint density at radius 2 is 1.94 bits per heavy atom. The van der Waals surface area contributed by atoms with Crippen LogP contribution in [0.5, 0.6) is 0 Å². The van der Waals surface area contributed by atoms with Crippen LogP contribution in [-0.4, -0.2) is 41.3 Å². The Hall–Kier alpha value is -1.14. The van der Waals surface area contributed by atoms with Gasteiger partial charge in [0, 0.05) is 19.4 Å². The number of carbonyl (C=O) groups excluding carboxylic acids is 1.